The predicted octanol–water partition coefficient (Wildman–Crippen LogP) is 5.27. The molecule has 1 aliphatic carbocycles. The second-order valence-corrected chi connectivity index (χ2v) is 17.0. The number of hydrogen-bond donors (Lipinski definition) is 3. The van der Waals surface area contributed by atoms with Gasteiger partial charge in [0.1, 0.15) is 11.0 Å². The molecule has 2 aliphatic rings. The molecule has 0 bridgehead atoms. The Kier molecular flexibility index (Phi) is 16.7. The number of nitrogens with zero attached hydrogens (tertiary/aromatic N) is 3. The summed E-state index contributed by atoms with van der Waals surface area (Å²) in [6, 6.07) is 8.18. The lowest BCUT2D eigenvalue weighted by molar-refractivity contribution is -0.148. The van der Waals surface area contributed by atoms with Crippen molar-refractivity contribution in [2.24, 2.45) is 23.5 Å². The molecule has 0 unspecified atom stereocenters. The second-order valence-electron chi connectivity index (χ2n) is 16.1. The molecule has 306 valence electrons. The van der Waals surface area contributed by atoms with Gasteiger partial charge in [0.05, 0.1) is 48.2 Å². The minimum absolute atomic E-state index is 0.0131. The number of aromatic nitrogens is 1. The van der Waals surface area contributed by atoms with E-state index in [1.54, 1.807) is 32.4 Å². The summed E-state index contributed by atoms with van der Waals surface area (Å²) < 4.78 is 12.1. The van der Waals surface area contributed by atoms with Crippen molar-refractivity contribution in [1.82, 2.24) is 25.4 Å². The zero-order valence-corrected chi connectivity index (χ0v) is 35.1. The molecular weight excluding hydrogens is 717 g/mol. The molecule has 13 heteroatoms. The van der Waals surface area contributed by atoms with Crippen LogP contribution in [-0.2, 0) is 35.1 Å². The molecule has 55 heavy (non-hydrogen) atoms. The predicted molar refractivity (Wildman–Crippen MR) is 216 cm³/mol. The highest BCUT2D eigenvalue weighted by atomic mass is 32.1. The number of methoxy groups -OCH3 is 2. The van der Waals surface area contributed by atoms with Crippen LogP contribution in [0.2, 0.25) is 0 Å². The summed E-state index contributed by atoms with van der Waals surface area (Å²) in [5.74, 6) is -1.54. The Labute approximate surface area is 332 Å². The Hall–Kier alpha value is -3.39. The molecule has 2 aromatic rings. The van der Waals surface area contributed by atoms with Crippen LogP contribution in [0.5, 0.6) is 0 Å². The first-order valence-electron chi connectivity index (χ1n) is 20.2. The lowest BCUT2D eigenvalue weighted by Crippen LogP contribution is -2.62. The van der Waals surface area contributed by atoms with Crippen LogP contribution in [0.1, 0.15) is 109 Å². The zero-order chi connectivity index (χ0) is 40.3. The Morgan fingerprint density at radius 1 is 1.02 bits per heavy atom. The third kappa shape index (κ3) is 11.1. The number of nitrogens with one attached hydrogen (secondary N) is 2. The molecule has 4 rings (SSSR count). The maximum atomic E-state index is 14.3. The Bertz CT molecular complexity index is 1520. The van der Waals surface area contributed by atoms with Crippen LogP contribution in [0.25, 0.3) is 0 Å². The average molecular weight is 783 g/mol. The van der Waals surface area contributed by atoms with E-state index in [9.17, 15) is 19.2 Å². The summed E-state index contributed by atoms with van der Waals surface area (Å²) in [5, 5.41) is 8.99. The van der Waals surface area contributed by atoms with Crippen LogP contribution >= 0.6 is 11.3 Å². The molecular formula is C42H66N6O6S. The van der Waals surface area contributed by atoms with Crippen molar-refractivity contribution in [2.75, 3.05) is 27.8 Å². The molecule has 8 atom stereocenters. The lowest BCUT2D eigenvalue weighted by Gasteiger charge is -2.41. The number of likely N-dealkylation sites (N-methyl/N-ethyl adjacent to an activating group) is 1. The SMILES string of the molecule is CC[C@H](C)[C@@H]([C@H](CC(=O)N1CCC[C@H]1[C@H](OC)[C@@H](C)C(=O)N[C@@H](Cc1ccccc1)c1nccs1)OC)N(C)C(=O)[C@@H](NC(=O)C1(N)CCCCC1)C(C)C. The van der Waals surface area contributed by atoms with E-state index < -0.39 is 35.7 Å². The van der Waals surface area contributed by atoms with E-state index in [1.165, 1.54) is 11.3 Å². The highest BCUT2D eigenvalue weighted by molar-refractivity contribution is 7.09. The Morgan fingerprint density at radius 2 is 1.71 bits per heavy atom. The monoisotopic (exact) mass is 782 g/mol. The largest absolute Gasteiger partial charge is 0.379 e. The van der Waals surface area contributed by atoms with Crippen LogP contribution in [0.3, 0.4) is 0 Å². The smallest absolute Gasteiger partial charge is 0.245 e. The van der Waals surface area contributed by atoms with Crippen molar-refractivity contribution >= 4 is 35.0 Å². The van der Waals surface area contributed by atoms with Crippen molar-refractivity contribution in [1.29, 1.82) is 0 Å². The molecule has 1 aromatic heterocycles. The highest BCUT2D eigenvalue weighted by Gasteiger charge is 2.44. The molecule has 1 saturated carbocycles. The Morgan fingerprint density at radius 3 is 2.29 bits per heavy atom. The topological polar surface area (TPSA) is 156 Å². The van der Waals surface area contributed by atoms with Crippen molar-refractivity contribution < 1.29 is 28.7 Å². The summed E-state index contributed by atoms with van der Waals surface area (Å²) in [4.78, 5) is 63.9. The average Bonchev–Trinajstić information content (AvgIpc) is 3.90. The number of amides is 4. The van der Waals surface area contributed by atoms with Crippen LogP contribution in [0.15, 0.2) is 41.9 Å². The first-order valence-corrected chi connectivity index (χ1v) is 21.1. The van der Waals surface area contributed by atoms with Crippen LogP contribution < -0.4 is 16.4 Å². The van der Waals surface area contributed by atoms with E-state index >= 15 is 0 Å². The van der Waals surface area contributed by atoms with Crippen LogP contribution in [0, 0.1) is 17.8 Å². The summed E-state index contributed by atoms with van der Waals surface area (Å²) in [6.45, 7) is 10.3. The third-order valence-corrected chi connectivity index (χ3v) is 12.9. The molecule has 1 aliphatic heterocycles. The van der Waals surface area contributed by atoms with E-state index in [-0.39, 0.29) is 54.0 Å². The molecule has 4 N–H and O–H groups in total. The van der Waals surface area contributed by atoms with Gasteiger partial charge >= 0.3 is 0 Å². The number of thiazole rings is 1. The van der Waals surface area contributed by atoms with Gasteiger partial charge in [-0.1, -0.05) is 90.6 Å². The highest BCUT2D eigenvalue weighted by Crippen LogP contribution is 2.31. The fourth-order valence-electron chi connectivity index (χ4n) is 8.49. The van der Waals surface area contributed by atoms with E-state index in [0.29, 0.717) is 32.2 Å². The lowest BCUT2D eigenvalue weighted by atomic mass is 9.81. The van der Waals surface area contributed by atoms with Gasteiger partial charge < -0.3 is 35.6 Å². The number of carbonyl (C=O) groups is 4. The van der Waals surface area contributed by atoms with Gasteiger partial charge in [0.25, 0.3) is 0 Å². The minimum atomic E-state index is -0.975. The fraction of sp³-hybridized carbons (Fsp3) is 0.690. The second kappa shape index (κ2) is 20.7. The number of ether oxygens (including phenoxy) is 2. The number of carbonyl (C=O) groups excluding carboxylic acids is 4. The number of benzene rings is 1. The van der Waals surface area contributed by atoms with E-state index in [2.05, 4.69) is 29.5 Å². The maximum Gasteiger partial charge on any atom is 0.245 e. The van der Waals surface area contributed by atoms with Crippen molar-refractivity contribution in [2.45, 2.75) is 141 Å². The molecule has 1 aromatic carbocycles. The van der Waals surface area contributed by atoms with E-state index in [1.807, 2.05) is 61.4 Å². The van der Waals surface area contributed by atoms with Crippen LogP contribution in [-0.4, -0.2) is 102 Å². The van der Waals surface area contributed by atoms with Gasteiger partial charge in [0, 0.05) is 39.4 Å². The first kappa shape index (κ1) is 44.3. The van der Waals surface area contributed by atoms with Gasteiger partial charge in [0.2, 0.25) is 23.6 Å². The van der Waals surface area contributed by atoms with Gasteiger partial charge in [-0.25, -0.2) is 4.98 Å². The van der Waals surface area contributed by atoms with Crippen molar-refractivity contribution in [3.05, 3.63) is 52.5 Å². The minimum Gasteiger partial charge on any atom is -0.379 e. The fourth-order valence-corrected chi connectivity index (χ4v) is 9.18. The zero-order valence-electron chi connectivity index (χ0n) is 34.3. The van der Waals surface area contributed by atoms with Gasteiger partial charge in [0.15, 0.2) is 0 Å². The third-order valence-electron chi connectivity index (χ3n) is 12.0. The molecule has 2 heterocycles. The van der Waals surface area contributed by atoms with Crippen molar-refractivity contribution in [3.63, 3.8) is 0 Å². The maximum absolute atomic E-state index is 14.3. The molecule has 2 fully saturated rings. The summed E-state index contributed by atoms with van der Waals surface area (Å²) >= 11 is 1.51. The number of nitrogens with two attached hydrogens (primary N) is 1. The van der Waals surface area contributed by atoms with Gasteiger partial charge in [-0.05, 0) is 49.5 Å². The standard InChI is InChI=1S/C42H66N6O6S/c1-9-28(4)36(47(6)40(51)35(27(2)3)46-41(52)42(43)20-14-11-15-21-42)33(53-7)26-34(49)48-23-16-19-32(48)37(54-8)29(5)38(50)45-31(39-44-22-24-55-39)25-30-17-12-10-13-18-30/h10,12-13,17-18,22,24,27-29,31-33,35-37H,9,11,14-16,19-21,23,25-26,43H2,1-8H3,(H,45,50)(H,46,52)/t28-,29+,31-,32-,33-,35-,36-,37+/m0/s1. The summed E-state index contributed by atoms with van der Waals surface area (Å²) in [7, 11) is 4.92. The molecule has 12 nitrogen and oxygen atoms in total. The quantitative estimate of drug-likeness (QED) is 0.174. The molecule has 4 amide bonds. The Balaban J connectivity index is 1.47. The van der Waals surface area contributed by atoms with Crippen LogP contribution in [0.4, 0.5) is 0 Å². The van der Waals surface area contributed by atoms with Crippen molar-refractivity contribution in [3.8, 4) is 0 Å². The first-order chi connectivity index (χ1) is 26.3. The molecule has 1 saturated heterocycles. The van der Waals surface area contributed by atoms with Gasteiger partial charge in [-0.3, -0.25) is 19.2 Å². The van der Waals surface area contributed by atoms with E-state index in [0.717, 1.165) is 42.7 Å². The number of rotatable bonds is 19. The van der Waals surface area contributed by atoms with E-state index in [4.69, 9.17) is 15.2 Å². The normalized spacial score (nSPS) is 20.8. The molecule has 0 spiro atoms. The van der Waals surface area contributed by atoms with Gasteiger partial charge in [-0.15, -0.1) is 11.3 Å². The number of hydrogen-bond acceptors (Lipinski definition) is 9. The molecule has 0 radical (unpaired) electrons. The summed E-state index contributed by atoms with van der Waals surface area (Å²) in [5.41, 5.74) is 6.67. The van der Waals surface area contributed by atoms with Gasteiger partial charge in [-0.2, -0.15) is 0 Å². The number of likely N-dealkylation sites (tertiary alicyclic amines) is 1. The summed E-state index contributed by atoms with van der Waals surface area (Å²) in [6.07, 6.45) is 7.50.